The second-order valence-corrected chi connectivity index (χ2v) is 5.12. The summed E-state index contributed by atoms with van der Waals surface area (Å²) in [5.74, 6) is 0.913. The molecule has 1 saturated carbocycles. The molecule has 104 valence electrons. The van der Waals surface area contributed by atoms with Crippen LogP contribution in [-0.2, 0) is 0 Å². The Morgan fingerprint density at radius 1 is 1.37 bits per heavy atom. The molecule has 4 heteroatoms. The Balaban J connectivity index is 1.93. The van der Waals surface area contributed by atoms with Gasteiger partial charge in [-0.15, -0.1) is 0 Å². The number of para-hydroxylation sites is 1. The van der Waals surface area contributed by atoms with Crippen LogP contribution in [-0.4, -0.2) is 25.6 Å². The third kappa shape index (κ3) is 3.47. The second-order valence-electron chi connectivity index (χ2n) is 5.12. The number of benzene rings is 1. The molecule has 4 nitrogen and oxygen atoms in total. The van der Waals surface area contributed by atoms with Crippen LogP contribution in [0.15, 0.2) is 24.3 Å². The maximum Gasteiger partial charge on any atom is 0.255 e. The van der Waals surface area contributed by atoms with Crippen LogP contribution in [0.2, 0.25) is 0 Å². The molecule has 1 aromatic rings. The highest BCUT2D eigenvalue weighted by molar-refractivity contribution is 5.96. The number of nitrogens with two attached hydrogens (primary N) is 1. The Labute approximate surface area is 114 Å². The SMILES string of the molecule is COc1ccccc1C(=O)NCC1CCCCC1N. The highest BCUT2D eigenvalue weighted by Crippen LogP contribution is 2.22. The number of carbonyl (C=O) groups is 1. The molecule has 0 radical (unpaired) electrons. The third-order valence-electron chi connectivity index (χ3n) is 3.84. The van der Waals surface area contributed by atoms with Crippen molar-refractivity contribution in [3.63, 3.8) is 0 Å². The number of nitrogens with one attached hydrogen (secondary N) is 1. The lowest BCUT2D eigenvalue weighted by atomic mass is 9.85. The van der Waals surface area contributed by atoms with Gasteiger partial charge in [-0.2, -0.15) is 0 Å². The lowest BCUT2D eigenvalue weighted by molar-refractivity contribution is 0.0938. The first kappa shape index (κ1) is 13.9. The maximum atomic E-state index is 12.1. The molecule has 0 aromatic heterocycles. The Bertz CT molecular complexity index is 434. The molecule has 0 aliphatic heterocycles. The van der Waals surface area contributed by atoms with E-state index in [2.05, 4.69) is 5.32 Å². The molecule has 19 heavy (non-hydrogen) atoms. The summed E-state index contributed by atoms with van der Waals surface area (Å²) >= 11 is 0. The van der Waals surface area contributed by atoms with Crippen molar-refractivity contribution in [3.05, 3.63) is 29.8 Å². The van der Waals surface area contributed by atoms with E-state index in [1.165, 1.54) is 12.8 Å². The molecule has 1 aliphatic carbocycles. The number of ether oxygens (including phenoxy) is 1. The first-order valence-corrected chi connectivity index (χ1v) is 6.89. The third-order valence-corrected chi connectivity index (χ3v) is 3.84. The normalized spacial score (nSPS) is 22.8. The zero-order chi connectivity index (χ0) is 13.7. The van der Waals surface area contributed by atoms with E-state index >= 15 is 0 Å². The van der Waals surface area contributed by atoms with Gasteiger partial charge in [0.25, 0.3) is 5.91 Å². The predicted molar refractivity (Wildman–Crippen MR) is 75.3 cm³/mol. The number of hydrogen-bond acceptors (Lipinski definition) is 3. The Kier molecular flexibility index (Phi) is 4.80. The van der Waals surface area contributed by atoms with Gasteiger partial charge in [0.05, 0.1) is 12.7 Å². The molecule has 2 unspecified atom stereocenters. The molecule has 0 spiro atoms. The predicted octanol–water partition coefficient (Wildman–Crippen LogP) is 1.94. The highest BCUT2D eigenvalue weighted by Gasteiger charge is 2.22. The van der Waals surface area contributed by atoms with E-state index in [1.54, 1.807) is 19.2 Å². The van der Waals surface area contributed by atoms with Crippen LogP contribution in [0.4, 0.5) is 0 Å². The van der Waals surface area contributed by atoms with Gasteiger partial charge in [0.2, 0.25) is 0 Å². The molecule has 3 N–H and O–H groups in total. The van der Waals surface area contributed by atoms with Crippen molar-refractivity contribution < 1.29 is 9.53 Å². The molecule has 1 amide bonds. The molecule has 0 saturated heterocycles. The Hall–Kier alpha value is -1.55. The quantitative estimate of drug-likeness (QED) is 0.871. The highest BCUT2D eigenvalue weighted by atomic mass is 16.5. The topological polar surface area (TPSA) is 64.3 Å². The fraction of sp³-hybridized carbons (Fsp3) is 0.533. The zero-order valence-corrected chi connectivity index (χ0v) is 11.4. The summed E-state index contributed by atoms with van der Waals surface area (Å²) < 4.78 is 5.19. The van der Waals surface area contributed by atoms with Gasteiger partial charge in [0.15, 0.2) is 0 Å². The summed E-state index contributed by atoms with van der Waals surface area (Å²) in [6.45, 7) is 0.651. The Morgan fingerprint density at radius 3 is 2.84 bits per heavy atom. The summed E-state index contributed by atoms with van der Waals surface area (Å²) in [6.07, 6.45) is 4.59. The van der Waals surface area contributed by atoms with Gasteiger partial charge in [0, 0.05) is 12.6 Å². The van der Waals surface area contributed by atoms with E-state index in [1.807, 2.05) is 12.1 Å². The molecule has 2 atom stereocenters. The van der Waals surface area contributed by atoms with Crippen molar-refractivity contribution in [1.82, 2.24) is 5.32 Å². The van der Waals surface area contributed by atoms with E-state index in [0.717, 1.165) is 12.8 Å². The minimum Gasteiger partial charge on any atom is -0.496 e. The van der Waals surface area contributed by atoms with Gasteiger partial charge in [-0.25, -0.2) is 0 Å². The number of hydrogen-bond donors (Lipinski definition) is 2. The fourth-order valence-electron chi connectivity index (χ4n) is 2.64. The van der Waals surface area contributed by atoms with Crippen LogP contribution in [0.5, 0.6) is 5.75 Å². The van der Waals surface area contributed by atoms with E-state index in [4.69, 9.17) is 10.5 Å². The Morgan fingerprint density at radius 2 is 2.11 bits per heavy atom. The second kappa shape index (κ2) is 6.57. The minimum absolute atomic E-state index is 0.0878. The number of rotatable bonds is 4. The molecular formula is C15H22N2O2. The van der Waals surface area contributed by atoms with E-state index in [-0.39, 0.29) is 11.9 Å². The van der Waals surface area contributed by atoms with Gasteiger partial charge < -0.3 is 15.8 Å². The lowest BCUT2D eigenvalue weighted by Gasteiger charge is -2.28. The zero-order valence-electron chi connectivity index (χ0n) is 11.4. The van der Waals surface area contributed by atoms with Crippen LogP contribution >= 0.6 is 0 Å². The summed E-state index contributed by atoms with van der Waals surface area (Å²) in [6, 6.07) is 7.47. The van der Waals surface area contributed by atoms with Crippen LogP contribution in [0.25, 0.3) is 0 Å². The minimum atomic E-state index is -0.0878. The first-order chi connectivity index (χ1) is 9.22. The van der Waals surface area contributed by atoms with Gasteiger partial charge in [-0.3, -0.25) is 4.79 Å². The molecule has 1 fully saturated rings. The van der Waals surface area contributed by atoms with Crippen molar-refractivity contribution in [2.45, 2.75) is 31.7 Å². The van der Waals surface area contributed by atoms with Crippen molar-refractivity contribution >= 4 is 5.91 Å². The average Bonchev–Trinajstić information content (AvgIpc) is 2.46. The van der Waals surface area contributed by atoms with Crippen LogP contribution in [0.1, 0.15) is 36.0 Å². The summed E-state index contributed by atoms with van der Waals surface area (Å²) in [4.78, 5) is 12.1. The van der Waals surface area contributed by atoms with Crippen molar-refractivity contribution in [2.24, 2.45) is 11.7 Å². The fourth-order valence-corrected chi connectivity index (χ4v) is 2.64. The van der Waals surface area contributed by atoms with Gasteiger partial charge in [0.1, 0.15) is 5.75 Å². The summed E-state index contributed by atoms with van der Waals surface area (Å²) in [7, 11) is 1.57. The molecular weight excluding hydrogens is 240 g/mol. The number of methoxy groups -OCH3 is 1. The van der Waals surface area contributed by atoms with E-state index in [0.29, 0.717) is 23.8 Å². The van der Waals surface area contributed by atoms with Crippen LogP contribution in [0.3, 0.4) is 0 Å². The maximum absolute atomic E-state index is 12.1. The molecule has 1 aromatic carbocycles. The molecule has 1 aliphatic rings. The van der Waals surface area contributed by atoms with E-state index in [9.17, 15) is 4.79 Å². The number of amides is 1. The smallest absolute Gasteiger partial charge is 0.255 e. The summed E-state index contributed by atoms with van der Waals surface area (Å²) in [5, 5.41) is 2.97. The molecule has 0 bridgehead atoms. The summed E-state index contributed by atoms with van der Waals surface area (Å²) in [5.41, 5.74) is 6.66. The standard InChI is InChI=1S/C15H22N2O2/c1-19-14-9-5-3-7-12(14)15(18)17-10-11-6-2-4-8-13(11)16/h3,5,7,9,11,13H,2,4,6,8,10,16H2,1H3,(H,17,18). The van der Waals surface area contributed by atoms with Crippen molar-refractivity contribution in [3.8, 4) is 5.75 Å². The van der Waals surface area contributed by atoms with E-state index < -0.39 is 0 Å². The average molecular weight is 262 g/mol. The molecule has 2 rings (SSSR count). The lowest BCUT2D eigenvalue weighted by Crippen LogP contribution is -2.41. The van der Waals surface area contributed by atoms with Crippen LogP contribution < -0.4 is 15.8 Å². The first-order valence-electron chi connectivity index (χ1n) is 6.89. The van der Waals surface area contributed by atoms with Crippen molar-refractivity contribution in [1.29, 1.82) is 0 Å². The van der Waals surface area contributed by atoms with Gasteiger partial charge >= 0.3 is 0 Å². The monoisotopic (exact) mass is 262 g/mol. The van der Waals surface area contributed by atoms with Gasteiger partial charge in [-0.1, -0.05) is 25.0 Å². The molecule has 0 heterocycles. The van der Waals surface area contributed by atoms with Crippen molar-refractivity contribution in [2.75, 3.05) is 13.7 Å². The number of carbonyl (C=O) groups excluding carboxylic acids is 1. The van der Waals surface area contributed by atoms with Gasteiger partial charge in [-0.05, 0) is 30.9 Å². The largest absolute Gasteiger partial charge is 0.496 e. The van der Waals surface area contributed by atoms with Crippen LogP contribution in [0, 0.1) is 5.92 Å².